The standard InChI is InChI=1S/C15H26N4O/c1-5-18-9-7-6-8-13(18)14(20)17-12-10-16-19(11-12)15(2,3)4/h10-11,13H,5-9H2,1-4H3,(H,17,20)/t13-/m1/s1. The van der Waals surface area contributed by atoms with Gasteiger partial charge in [-0.1, -0.05) is 13.3 Å². The SMILES string of the molecule is CCN1CCCC[C@@H]1C(=O)Nc1cnn(C(C)(C)C)c1. The number of likely N-dealkylation sites (N-methyl/N-ethyl adjacent to an activating group) is 1. The van der Waals surface area contributed by atoms with Crippen molar-refractivity contribution in [1.82, 2.24) is 14.7 Å². The zero-order valence-electron chi connectivity index (χ0n) is 13.0. The number of nitrogens with one attached hydrogen (secondary N) is 1. The highest BCUT2D eigenvalue weighted by molar-refractivity contribution is 5.94. The number of carbonyl (C=O) groups excluding carboxylic acids is 1. The second-order valence-corrected chi connectivity index (χ2v) is 6.47. The average Bonchev–Trinajstić information content (AvgIpc) is 2.87. The summed E-state index contributed by atoms with van der Waals surface area (Å²) in [6.45, 7) is 10.3. The molecule has 1 aromatic rings. The van der Waals surface area contributed by atoms with Crippen LogP contribution in [0.15, 0.2) is 12.4 Å². The molecule has 2 heterocycles. The van der Waals surface area contributed by atoms with Crippen LogP contribution < -0.4 is 5.32 Å². The zero-order chi connectivity index (χ0) is 14.8. The van der Waals surface area contributed by atoms with Crippen LogP contribution >= 0.6 is 0 Å². The van der Waals surface area contributed by atoms with Gasteiger partial charge < -0.3 is 5.32 Å². The Morgan fingerprint density at radius 2 is 2.20 bits per heavy atom. The van der Waals surface area contributed by atoms with Crippen molar-refractivity contribution in [3.8, 4) is 0 Å². The third-order valence-electron chi connectivity index (χ3n) is 3.86. The van der Waals surface area contributed by atoms with Crippen LogP contribution in [0.25, 0.3) is 0 Å². The number of carbonyl (C=O) groups is 1. The molecular weight excluding hydrogens is 252 g/mol. The Hall–Kier alpha value is -1.36. The molecule has 1 N–H and O–H groups in total. The number of anilines is 1. The Balaban J connectivity index is 2.02. The minimum atomic E-state index is -0.0662. The van der Waals surface area contributed by atoms with Crippen LogP contribution in [0.5, 0.6) is 0 Å². The molecule has 1 amide bonds. The van der Waals surface area contributed by atoms with Gasteiger partial charge in [0, 0.05) is 6.20 Å². The molecule has 1 aromatic heterocycles. The first-order valence-corrected chi connectivity index (χ1v) is 7.52. The number of hydrogen-bond acceptors (Lipinski definition) is 3. The lowest BCUT2D eigenvalue weighted by Gasteiger charge is -2.33. The highest BCUT2D eigenvalue weighted by Crippen LogP contribution is 2.20. The Morgan fingerprint density at radius 3 is 2.80 bits per heavy atom. The largest absolute Gasteiger partial charge is 0.322 e. The third kappa shape index (κ3) is 3.39. The first-order valence-electron chi connectivity index (χ1n) is 7.52. The van der Waals surface area contributed by atoms with Crippen LogP contribution in [0.3, 0.4) is 0 Å². The summed E-state index contributed by atoms with van der Waals surface area (Å²) in [6.07, 6.45) is 6.90. The lowest BCUT2D eigenvalue weighted by Crippen LogP contribution is -2.46. The van der Waals surface area contributed by atoms with E-state index in [2.05, 4.69) is 43.0 Å². The van der Waals surface area contributed by atoms with Crippen molar-refractivity contribution >= 4 is 11.6 Å². The first kappa shape index (κ1) is 15.0. The molecule has 0 aliphatic carbocycles. The normalized spacial score (nSPS) is 20.9. The molecule has 5 nitrogen and oxygen atoms in total. The van der Waals surface area contributed by atoms with Crippen molar-refractivity contribution in [3.05, 3.63) is 12.4 Å². The van der Waals surface area contributed by atoms with Gasteiger partial charge in [0.05, 0.1) is 23.5 Å². The minimum absolute atomic E-state index is 0.00624. The molecule has 1 saturated heterocycles. The van der Waals surface area contributed by atoms with Gasteiger partial charge in [-0.3, -0.25) is 14.4 Å². The number of nitrogens with zero attached hydrogens (tertiary/aromatic N) is 3. The molecule has 5 heteroatoms. The highest BCUT2D eigenvalue weighted by Gasteiger charge is 2.27. The lowest BCUT2D eigenvalue weighted by molar-refractivity contribution is -0.122. The fraction of sp³-hybridized carbons (Fsp3) is 0.733. The molecule has 0 unspecified atom stereocenters. The number of likely N-dealkylation sites (tertiary alicyclic amines) is 1. The summed E-state index contributed by atoms with van der Waals surface area (Å²) in [6, 6.07) is 0.00624. The molecule has 112 valence electrons. The van der Waals surface area contributed by atoms with E-state index in [0.717, 1.165) is 31.6 Å². The van der Waals surface area contributed by atoms with E-state index >= 15 is 0 Å². The zero-order valence-corrected chi connectivity index (χ0v) is 13.0. The molecule has 0 radical (unpaired) electrons. The molecule has 20 heavy (non-hydrogen) atoms. The summed E-state index contributed by atoms with van der Waals surface area (Å²) in [4.78, 5) is 14.7. The second-order valence-electron chi connectivity index (χ2n) is 6.47. The van der Waals surface area contributed by atoms with Crippen LogP contribution in [-0.2, 0) is 10.3 Å². The summed E-state index contributed by atoms with van der Waals surface area (Å²) in [5, 5.41) is 7.32. The van der Waals surface area contributed by atoms with Crippen molar-refractivity contribution in [2.24, 2.45) is 0 Å². The van der Waals surface area contributed by atoms with E-state index in [1.54, 1.807) is 6.20 Å². The van der Waals surface area contributed by atoms with Gasteiger partial charge in [-0.25, -0.2) is 0 Å². The molecule has 1 aliphatic heterocycles. The van der Waals surface area contributed by atoms with E-state index in [1.807, 2.05) is 10.9 Å². The molecule has 1 fully saturated rings. The van der Waals surface area contributed by atoms with Crippen LogP contribution in [-0.4, -0.2) is 39.7 Å². The maximum atomic E-state index is 12.4. The van der Waals surface area contributed by atoms with Crippen molar-refractivity contribution in [2.75, 3.05) is 18.4 Å². The van der Waals surface area contributed by atoms with Crippen LogP contribution in [0.4, 0.5) is 5.69 Å². The predicted molar refractivity (Wildman–Crippen MR) is 80.7 cm³/mol. The summed E-state index contributed by atoms with van der Waals surface area (Å²) < 4.78 is 1.88. The molecule has 0 spiro atoms. The van der Waals surface area contributed by atoms with Gasteiger partial charge in [-0.05, 0) is 46.7 Å². The predicted octanol–water partition coefficient (Wildman–Crippen LogP) is 2.45. The molecule has 2 rings (SSSR count). The van der Waals surface area contributed by atoms with E-state index in [9.17, 15) is 4.79 Å². The fourth-order valence-corrected chi connectivity index (χ4v) is 2.65. The van der Waals surface area contributed by atoms with Crippen molar-refractivity contribution in [3.63, 3.8) is 0 Å². The van der Waals surface area contributed by atoms with Gasteiger partial charge in [-0.15, -0.1) is 0 Å². The Kier molecular flexibility index (Phi) is 4.48. The molecular formula is C15H26N4O. The summed E-state index contributed by atoms with van der Waals surface area (Å²) in [5.41, 5.74) is 0.718. The topological polar surface area (TPSA) is 50.2 Å². The van der Waals surface area contributed by atoms with Gasteiger partial charge in [0.15, 0.2) is 0 Å². The van der Waals surface area contributed by atoms with Gasteiger partial charge in [0.2, 0.25) is 5.91 Å². The smallest absolute Gasteiger partial charge is 0.241 e. The van der Waals surface area contributed by atoms with Gasteiger partial charge in [-0.2, -0.15) is 5.10 Å². The maximum absolute atomic E-state index is 12.4. The first-order chi connectivity index (χ1) is 9.41. The Labute approximate surface area is 121 Å². The third-order valence-corrected chi connectivity index (χ3v) is 3.86. The molecule has 1 aliphatic rings. The van der Waals surface area contributed by atoms with Gasteiger partial charge in [0.1, 0.15) is 0 Å². The van der Waals surface area contributed by atoms with Crippen LogP contribution in [0, 0.1) is 0 Å². The molecule has 0 bridgehead atoms. The molecule has 1 atom stereocenters. The minimum Gasteiger partial charge on any atom is -0.322 e. The fourth-order valence-electron chi connectivity index (χ4n) is 2.65. The number of piperidine rings is 1. The van der Waals surface area contributed by atoms with E-state index in [4.69, 9.17) is 0 Å². The average molecular weight is 278 g/mol. The van der Waals surface area contributed by atoms with E-state index < -0.39 is 0 Å². The lowest BCUT2D eigenvalue weighted by atomic mass is 10.0. The van der Waals surface area contributed by atoms with Crippen molar-refractivity contribution in [1.29, 1.82) is 0 Å². The van der Waals surface area contributed by atoms with Crippen molar-refractivity contribution in [2.45, 2.75) is 58.5 Å². The monoisotopic (exact) mass is 278 g/mol. The summed E-state index contributed by atoms with van der Waals surface area (Å²) in [5.74, 6) is 0.0972. The summed E-state index contributed by atoms with van der Waals surface area (Å²) in [7, 11) is 0. The number of aromatic nitrogens is 2. The van der Waals surface area contributed by atoms with Gasteiger partial charge in [0.25, 0.3) is 0 Å². The molecule has 0 saturated carbocycles. The van der Waals surface area contributed by atoms with Crippen molar-refractivity contribution < 1.29 is 4.79 Å². The maximum Gasteiger partial charge on any atom is 0.241 e. The quantitative estimate of drug-likeness (QED) is 0.924. The number of amides is 1. The number of hydrogen-bond donors (Lipinski definition) is 1. The Bertz CT molecular complexity index is 461. The number of rotatable bonds is 3. The van der Waals surface area contributed by atoms with Crippen LogP contribution in [0.2, 0.25) is 0 Å². The highest BCUT2D eigenvalue weighted by atomic mass is 16.2. The summed E-state index contributed by atoms with van der Waals surface area (Å²) >= 11 is 0. The van der Waals surface area contributed by atoms with Gasteiger partial charge >= 0.3 is 0 Å². The molecule has 0 aromatic carbocycles. The van der Waals surface area contributed by atoms with E-state index in [0.29, 0.717) is 0 Å². The van der Waals surface area contributed by atoms with E-state index in [-0.39, 0.29) is 17.5 Å². The second kappa shape index (κ2) is 5.95. The van der Waals surface area contributed by atoms with Crippen LogP contribution in [0.1, 0.15) is 47.0 Å². The Morgan fingerprint density at radius 1 is 1.45 bits per heavy atom. The van der Waals surface area contributed by atoms with E-state index in [1.165, 1.54) is 6.42 Å².